The zero-order valence-electron chi connectivity index (χ0n) is 10.7. The Morgan fingerprint density at radius 1 is 1.21 bits per heavy atom. The van der Waals surface area contributed by atoms with Crippen molar-refractivity contribution < 1.29 is 4.74 Å². The van der Waals surface area contributed by atoms with E-state index in [0.717, 1.165) is 16.9 Å². The number of hydrogen-bond donors (Lipinski definition) is 1. The maximum atomic E-state index is 9.23. The van der Waals surface area contributed by atoms with Crippen molar-refractivity contribution in [2.24, 2.45) is 0 Å². The molecule has 1 aromatic carbocycles. The Hall–Kier alpha value is -2.38. The molecule has 0 aliphatic heterocycles. The van der Waals surface area contributed by atoms with Crippen LogP contribution in [0.5, 0.6) is 5.75 Å². The molecule has 96 valence electrons. The van der Waals surface area contributed by atoms with Crippen LogP contribution in [0.2, 0.25) is 0 Å². The molecule has 2 aromatic rings. The van der Waals surface area contributed by atoms with Crippen molar-refractivity contribution >= 4 is 0 Å². The Labute approximate surface area is 112 Å². The molecule has 2 rings (SSSR count). The number of hydrogen-bond acceptors (Lipinski definition) is 4. The second kappa shape index (κ2) is 6.53. The lowest BCUT2D eigenvalue weighted by molar-refractivity contribution is 0.414. The van der Waals surface area contributed by atoms with Crippen LogP contribution in [0.1, 0.15) is 17.2 Å². The second-order valence-corrected chi connectivity index (χ2v) is 4.07. The number of rotatable bonds is 5. The number of methoxy groups -OCH3 is 1. The molecule has 0 saturated carbocycles. The summed E-state index contributed by atoms with van der Waals surface area (Å²) in [5.41, 5.74) is 2.03. The minimum Gasteiger partial charge on any atom is -0.497 e. The average Bonchev–Trinajstić information content (AvgIpc) is 2.49. The minimum absolute atomic E-state index is 0.334. The predicted molar refractivity (Wildman–Crippen MR) is 72.4 cm³/mol. The summed E-state index contributed by atoms with van der Waals surface area (Å²) in [4.78, 5) is 3.96. The number of benzene rings is 1. The summed E-state index contributed by atoms with van der Waals surface area (Å²) in [5.74, 6) is 0.787. The molecule has 0 saturated heterocycles. The fourth-order valence-corrected chi connectivity index (χ4v) is 1.75. The Morgan fingerprint density at radius 2 is 1.89 bits per heavy atom. The normalized spacial score (nSPS) is 11.6. The van der Waals surface area contributed by atoms with Crippen molar-refractivity contribution in [3.05, 3.63) is 59.9 Å². The molecule has 1 unspecified atom stereocenters. The van der Waals surface area contributed by atoms with Crippen LogP contribution < -0.4 is 10.1 Å². The number of nitriles is 1. The van der Waals surface area contributed by atoms with Crippen LogP contribution in [0.4, 0.5) is 0 Å². The van der Waals surface area contributed by atoms with Gasteiger partial charge in [0, 0.05) is 18.9 Å². The maximum absolute atomic E-state index is 9.23. The molecule has 1 N–H and O–H groups in total. The average molecular weight is 253 g/mol. The fourth-order valence-electron chi connectivity index (χ4n) is 1.75. The monoisotopic (exact) mass is 253 g/mol. The molecule has 4 nitrogen and oxygen atoms in total. The predicted octanol–water partition coefficient (Wildman–Crippen LogP) is 2.44. The summed E-state index contributed by atoms with van der Waals surface area (Å²) in [7, 11) is 1.62. The molecule has 0 fully saturated rings. The lowest BCUT2D eigenvalue weighted by Gasteiger charge is -2.12. The van der Waals surface area contributed by atoms with Gasteiger partial charge in [-0.2, -0.15) is 5.26 Å². The van der Waals surface area contributed by atoms with E-state index < -0.39 is 0 Å². The van der Waals surface area contributed by atoms with Gasteiger partial charge in [0.25, 0.3) is 0 Å². The van der Waals surface area contributed by atoms with Gasteiger partial charge in [-0.25, -0.2) is 0 Å². The lowest BCUT2D eigenvalue weighted by Crippen LogP contribution is -2.19. The third-order valence-electron chi connectivity index (χ3n) is 2.84. The summed E-state index contributed by atoms with van der Waals surface area (Å²) >= 11 is 0. The van der Waals surface area contributed by atoms with Gasteiger partial charge in [-0.05, 0) is 35.4 Å². The van der Waals surface area contributed by atoms with Crippen LogP contribution in [0.15, 0.2) is 48.8 Å². The van der Waals surface area contributed by atoms with Crippen LogP contribution in [0.25, 0.3) is 0 Å². The second-order valence-electron chi connectivity index (χ2n) is 4.07. The molecule has 0 spiro atoms. The smallest absolute Gasteiger partial charge is 0.121 e. The third kappa shape index (κ3) is 3.54. The highest BCUT2D eigenvalue weighted by Crippen LogP contribution is 2.17. The van der Waals surface area contributed by atoms with E-state index in [1.165, 1.54) is 0 Å². The van der Waals surface area contributed by atoms with Crippen LogP contribution in [-0.2, 0) is 6.54 Å². The van der Waals surface area contributed by atoms with Crippen LogP contribution in [0.3, 0.4) is 0 Å². The molecule has 0 aliphatic rings. The molecule has 1 atom stereocenters. The molecule has 4 heteroatoms. The number of nitrogens with one attached hydrogen (secondary N) is 1. The summed E-state index contributed by atoms with van der Waals surface area (Å²) < 4.78 is 5.10. The van der Waals surface area contributed by atoms with Crippen molar-refractivity contribution in [3.63, 3.8) is 0 Å². The van der Waals surface area contributed by atoms with Gasteiger partial charge in [-0.15, -0.1) is 0 Å². The first-order chi connectivity index (χ1) is 9.33. The van der Waals surface area contributed by atoms with E-state index in [0.29, 0.717) is 6.54 Å². The summed E-state index contributed by atoms with van der Waals surface area (Å²) in [6.07, 6.45) is 3.48. The SMILES string of the molecule is COc1ccc(C(C#N)NCc2ccncc2)cc1. The maximum Gasteiger partial charge on any atom is 0.121 e. The van der Waals surface area contributed by atoms with Crippen molar-refractivity contribution in [3.8, 4) is 11.8 Å². The molecule has 19 heavy (non-hydrogen) atoms. The molecule has 0 amide bonds. The zero-order chi connectivity index (χ0) is 13.5. The molecular weight excluding hydrogens is 238 g/mol. The van der Waals surface area contributed by atoms with E-state index in [9.17, 15) is 5.26 Å². The summed E-state index contributed by atoms with van der Waals surface area (Å²) in [6.45, 7) is 0.632. The van der Waals surface area contributed by atoms with E-state index in [4.69, 9.17) is 4.74 Å². The van der Waals surface area contributed by atoms with Gasteiger partial charge in [0.15, 0.2) is 0 Å². The standard InChI is InChI=1S/C15H15N3O/c1-19-14-4-2-13(3-5-14)15(10-16)18-11-12-6-8-17-9-7-12/h2-9,15,18H,11H2,1H3. The first kappa shape index (κ1) is 13.1. The zero-order valence-corrected chi connectivity index (χ0v) is 10.7. The molecular formula is C15H15N3O. The molecule has 0 aliphatic carbocycles. The number of ether oxygens (including phenoxy) is 1. The van der Waals surface area contributed by atoms with E-state index in [-0.39, 0.29) is 6.04 Å². The molecule has 0 radical (unpaired) electrons. The van der Waals surface area contributed by atoms with Gasteiger partial charge >= 0.3 is 0 Å². The van der Waals surface area contributed by atoms with Crippen LogP contribution >= 0.6 is 0 Å². The van der Waals surface area contributed by atoms with Gasteiger partial charge in [0.1, 0.15) is 11.8 Å². The highest BCUT2D eigenvalue weighted by molar-refractivity contribution is 5.31. The Kier molecular flexibility index (Phi) is 4.49. The third-order valence-corrected chi connectivity index (χ3v) is 2.84. The van der Waals surface area contributed by atoms with Crippen molar-refractivity contribution in [1.82, 2.24) is 10.3 Å². The summed E-state index contributed by atoms with van der Waals surface area (Å²) in [5, 5.41) is 12.4. The van der Waals surface area contributed by atoms with Gasteiger partial charge in [-0.3, -0.25) is 10.3 Å². The highest BCUT2D eigenvalue weighted by Gasteiger charge is 2.09. The van der Waals surface area contributed by atoms with Crippen molar-refractivity contribution in [2.75, 3.05) is 7.11 Å². The molecule has 1 heterocycles. The van der Waals surface area contributed by atoms with E-state index in [1.54, 1.807) is 19.5 Å². The topological polar surface area (TPSA) is 57.9 Å². The van der Waals surface area contributed by atoms with E-state index >= 15 is 0 Å². The van der Waals surface area contributed by atoms with Gasteiger partial charge < -0.3 is 4.74 Å². The largest absolute Gasteiger partial charge is 0.497 e. The van der Waals surface area contributed by atoms with Crippen molar-refractivity contribution in [1.29, 1.82) is 5.26 Å². The fraction of sp³-hybridized carbons (Fsp3) is 0.200. The Bertz CT molecular complexity index is 546. The van der Waals surface area contributed by atoms with E-state index in [1.807, 2.05) is 36.4 Å². The molecule has 0 bridgehead atoms. The van der Waals surface area contributed by atoms with Gasteiger partial charge in [0.2, 0.25) is 0 Å². The quantitative estimate of drug-likeness (QED) is 0.889. The van der Waals surface area contributed by atoms with Gasteiger partial charge in [-0.1, -0.05) is 12.1 Å². The van der Waals surface area contributed by atoms with Crippen LogP contribution in [-0.4, -0.2) is 12.1 Å². The first-order valence-corrected chi connectivity index (χ1v) is 5.99. The van der Waals surface area contributed by atoms with Crippen molar-refractivity contribution in [2.45, 2.75) is 12.6 Å². The van der Waals surface area contributed by atoms with E-state index in [2.05, 4.69) is 16.4 Å². The first-order valence-electron chi connectivity index (χ1n) is 5.99. The number of aromatic nitrogens is 1. The highest BCUT2D eigenvalue weighted by atomic mass is 16.5. The molecule has 1 aromatic heterocycles. The van der Waals surface area contributed by atoms with Gasteiger partial charge in [0.05, 0.1) is 13.2 Å². The lowest BCUT2D eigenvalue weighted by atomic mass is 10.1. The number of pyridine rings is 1. The van der Waals surface area contributed by atoms with Crippen LogP contribution in [0, 0.1) is 11.3 Å². The Balaban J connectivity index is 2.02. The number of nitrogens with zero attached hydrogens (tertiary/aromatic N) is 2. The minimum atomic E-state index is -0.334. The summed E-state index contributed by atoms with van der Waals surface area (Å²) in [6, 6.07) is 13.3. The Morgan fingerprint density at radius 3 is 2.47 bits per heavy atom.